The van der Waals surface area contributed by atoms with Crippen LogP contribution in [0.3, 0.4) is 0 Å². The number of hydrogen-bond donors (Lipinski definition) is 0. The number of carbonyl (C=O) groups excluding carboxylic acids is 1. The lowest BCUT2D eigenvalue weighted by molar-refractivity contribution is -0.129. The molecule has 2 aromatic carbocycles. The molecule has 0 aliphatic heterocycles. The number of hydrogen-bond acceptors (Lipinski definition) is 7. The minimum atomic E-state index is 0.0686. The second-order valence-corrected chi connectivity index (χ2v) is 8.38. The average Bonchev–Trinajstić information content (AvgIpc) is 3.53. The summed E-state index contributed by atoms with van der Waals surface area (Å²) in [5.41, 5.74) is 2.20. The van der Waals surface area contributed by atoms with Crippen LogP contribution >= 0.6 is 11.8 Å². The summed E-state index contributed by atoms with van der Waals surface area (Å²) < 4.78 is 16.5. The van der Waals surface area contributed by atoms with E-state index in [4.69, 9.17) is 13.9 Å². The van der Waals surface area contributed by atoms with Gasteiger partial charge in [0.1, 0.15) is 11.5 Å². The van der Waals surface area contributed by atoms with Gasteiger partial charge in [0.2, 0.25) is 5.91 Å². The Hall–Kier alpha value is -3.00. The van der Waals surface area contributed by atoms with Crippen molar-refractivity contribution in [3.8, 4) is 11.5 Å². The fourth-order valence-electron chi connectivity index (χ4n) is 3.15. The third-order valence-electron chi connectivity index (χ3n) is 4.94. The van der Waals surface area contributed by atoms with Crippen LogP contribution in [0.1, 0.15) is 29.9 Å². The van der Waals surface area contributed by atoms with Crippen molar-refractivity contribution >= 4 is 17.7 Å². The first-order valence-electron chi connectivity index (χ1n) is 10.2. The average molecular weight is 440 g/mol. The van der Waals surface area contributed by atoms with Crippen LogP contribution in [-0.2, 0) is 17.9 Å². The fourth-order valence-corrected chi connectivity index (χ4v) is 3.81. The lowest BCUT2D eigenvalue weighted by Gasteiger charge is -2.22. The van der Waals surface area contributed by atoms with Crippen molar-refractivity contribution in [3.63, 3.8) is 0 Å². The molecule has 0 spiro atoms. The summed E-state index contributed by atoms with van der Waals surface area (Å²) in [5.74, 6) is 2.27. The molecule has 1 aliphatic carbocycles. The smallest absolute Gasteiger partial charge is 0.277 e. The van der Waals surface area contributed by atoms with Crippen LogP contribution in [0.25, 0.3) is 0 Å². The van der Waals surface area contributed by atoms with Crippen molar-refractivity contribution in [2.45, 2.75) is 44.2 Å². The minimum absolute atomic E-state index is 0.0686. The molecule has 0 bridgehead atoms. The molecule has 4 rings (SSSR count). The van der Waals surface area contributed by atoms with Crippen molar-refractivity contribution in [1.82, 2.24) is 15.1 Å². The van der Waals surface area contributed by atoms with Gasteiger partial charge in [0.05, 0.1) is 12.9 Å². The molecule has 162 valence electrons. The van der Waals surface area contributed by atoms with Gasteiger partial charge in [-0.2, -0.15) is 0 Å². The zero-order valence-corrected chi connectivity index (χ0v) is 18.4. The predicted molar refractivity (Wildman–Crippen MR) is 117 cm³/mol. The fraction of sp³-hybridized carbons (Fsp3) is 0.348. The number of nitrogens with zero attached hydrogens (tertiary/aromatic N) is 3. The Bertz CT molecular complexity index is 1020. The van der Waals surface area contributed by atoms with Crippen LogP contribution in [0.15, 0.2) is 58.2 Å². The van der Waals surface area contributed by atoms with Gasteiger partial charge in [-0.1, -0.05) is 36.0 Å². The molecule has 0 unspecified atom stereocenters. The first-order chi connectivity index (χ1) is 15.1. The highest BCUT2D eigenvalue weighted by molar-refractivity contribution is 7.99. The summed E-state index contributed by atoms with van der Waals surface area (Å²) in [5, 5.41) is 8.40. The van der Waals surface area contributed by atoms with Gasteiger partial charge >= 0.3 is 0 Å². The van der Waals surface area contributed by atoms with Gasteiger partial charge < -0.3 is 18.8 Å². The second-order valence-electron chi connectivity index (χ2n) is 7.46. The predicted octanol–water partition coefficient (Wildman–Crippen LogP) is 4.25. The summed E-state index contributed by atoms with van der Waals surface area (Å²) in [6, 6.07) is 15.9. The molecule has 1 saturated carbocycles. The molecule has 3 aromatic rings. The lowest BCUT2D eigenvalue weighted by atomic mass is 10.2. The number of aryl methyl sites for hydroxylation is 1. The van der Waals surface area contributed by atoms with Gasteiger partial charge in [-0.15, -0.1) is 10.2 Å². The Morgan fingerprint density at radius 3 is 2.68 bits per heavy atom. The van der Waals surface area contributed by atoms with Crippen LogP contribution in [0.5, 0.6) is 11.5 Å². The van der Waals surface area contributed by atoms with Crippen LogP contribution in [0, 0.1) is 6.92 Å². The standard InChI is InChI=1S/C23H25N3O4S/c1-16-4-3-5-20(12-16)29-14-21-24-25-23(30-21)31-15-22(27)26(18-8-9-18)13-17-6-10-19(28-2)11-7-17/h3-7,10-12,18H,8-9,13-15H2,1-2H3. The number of carbonyl (C=O) groups is 1. The number of thioether (sulfide) groups is 1. The Morgan fingerprint density at radius 2 is 1.97 bits per heavy atom. The summed E-state index contributed by atoms with van der Waals surface area (Å²) >= 11 is 1.26. The van der Waals surface area contributed by atoms with Gasteiger partial charge in [0, 0.05) is 12.6 Å². The summed E-state index contributed by atoms with van der Waals surface area (Å²) in [6.45, 7) is 2.79. The van der Waals surface area contributed by atoms with Gasteiger partial charge in [-0.05, 0) is 55.2 Å². The molecule has 0 atom stereocenters. The molecule has 7 nitrogen and oxygen atoms in total. The topological polar surface area (TPSA) is 77.7 Å². The Labute approximate surface area is 185 Å². The van der Waals surface area contributed by atoms with Crippen molar-refractivity contribution in [2.75, 3.05) is 12.9 Å². The number of rotatable bonds is 10. The van der Waals surface area contributed by atoms with E-state index in [2.05, 4.69) is 10.2 Å². The van der Waals surface area contributed by atoms with Gasteiger partial charge in [-0.3, -0.25) is 4.79 Å². The molecule has 1 heterocycles. The third-order valence-corrected chi connectivity index (χ3v) is 5.74. The van der Waals surface area contributed by atoms with E-state index in [1.54, 1.807) is 7.11 Å². The van der Waals surface area contributed by atoms with Crippen molar-refractivity contribution < 1.29 is 18.7 Å². The quantitative estimate of drug-likeness (QED) is 0.437. The van der Waals surface area contributed by atoms with Crippen LogP contribution in [0.2, 0.25) is 0 Å². The SMILES string of the molecule is COc1ccc(CN(C(=O)CSc2nnc(COc3cccc(C)c3)o2)C2CC2)cc1. The number of aromatic nitrogens is 2. The highest BCUT2D eigenvalue weighted by Gasteiger charge is 2.32. The maximum atomic E-state index is 12.8. The number of methoxy groups -OCH3 is 1. The highest BCUT2D eigenvalue weighted by atomic mass is 32.2. The van der Waals surface area contributed by atoms with Crippen LogP contribution in [0.4, 0.5) is 0 Å². The summed E-state index contributed by atoms with van der Waals surface area (Å²) in [4.78, 5) is 14.8. The lowest BCUT2D eigenvalue weighted by Crippen LogP contribution is -2.33. The van der Waals surface area contributed by atoms with Crippen molar-refractivity contribution in [3.05, 3.63) is 65.5 Å². The number of ether oxygens (including phenoxy) is 2. The zero-order valence-electron chi connectivity index (χ0n) is 17.6. The van der Waals surface area contributed by atoms with Crippen molar-refractivity contribution in [2.24, 2.45) is 0 Å². The largest absolute Gasteiger partial charge is 0.497 e. The van der Waals surface area contributed by atoms with E-state index in [0.717, 1.165) is 35.5 Å². The molecule has 1 fully saturated rings. The molecular weight excluding hydrogens is 414 g/mol. The Morgan fingerprint density at radius 1 is 1.16 bits per heavy atom. The van der Waals surface area contributed by atoms with Crippen molar-refractivity contribution in [1.29, 1.82) is 0 Å². The molecule has 1 amide bonds. The first-order valence-corrected chi connectivity index (χ1v) is 11.2. The number of amides is 1. The molecule has 0 radical (unpaired) electrons. The monoisotopic (exact) mass is 439 g/mol. The molecule has 1 aromatic heterocycles. The van der Waals surface area contributed by atoms with E-state index in [9.17, 15) is 4.79 Å². The van der Waals surface area contributed by atoms with Gasteiger partial charge in [-0.25, -0.2) is 0 Å². The second kappa shape index (κ2) is 9.87. The van der Waals surface area contributed by atoms with E-state index in [0.29, 0.717) is 23.7 Å². The normalized spacial score (nSPS) is 13.1. The molecular formula is C23H25N3O4S. The van der Waals surface area contributed by atoms with E-state index >= 15 is 0 Å². The summed E-state index contributed by atoms with van der Waals surface area (Å²) in [7, 11) is 1.64. The molecule has 0 saturated heterocycles. The minimum Gasteiger partial charge on any atom is -0.497 e. The van der Waals surface area contributed by atoms with Crippen LogP contribution < -0.4 is 9.47 Å². The summed E-state index contributed by atoms with van der Waals surface area (Å²) in [6.07, 6.45) is 2.10. The van der Waals surface area contributed by atoms with E-state index < -0.39 is 0 Å². The highest BCUT2D eigenvalue weighted by Crippen LogP contribution is 2.30. The number of benzene rings is 2. The van der Waals surface area contributed by atoms with E-state index in [1.165, 1.54) is 11.8 Å². The molecule has 31 heavy (non-hydrogen) atoms. The van der Waals surface area contributed by atoms with E-state index in [-0.39, 0.29) is 18.3 Å². The van der Waals surface area contributed by atoms with Gasteiger partial charge in [0.25, 0.3) is 11.1 Å². The zero-order chi connectivity index (χ0) is 21.6. The Balaban J connectivity index is 1.29. The molecule has 0 N–H and O–H groups in total. The third kappa shape index (κ3) is 6.01. The van der Waals surface area contributed by atoms with Gasteiger partial charge in [0.15, 0.2) is 6.61 Å². The maximum Gasteiger partial charge on any atom is 0.277 e. The molecule has 8 heteroatoms. The Kier molecular flexibility index (Phi) is 6.76. The van der Waals surface area contributed by atoms with E-state index in [1.807, 2.05) is 60.4 Å². The molecule has 1 aliphatic rings. The van der Waals surface area contributed by atoms with Crippen LogP contribution in [-0.4, -0.2) is 39.9 Å². The maximum absolute atomic E-state index is 12.8. The first kappa shape index (κ1) is 21.2.